The monoisotopic (exact) mass is 240 g/mol. The lowest BCUT2D eigenvalue weighted by atomic mass is 9.59. The fourth-order valence-electron chi connectivity index (χ4n) is 3.08. The summed E-state index contributed by atoms with van der Waals surface area (Å²) in [7, 11) is 0. The number of hydrogen-bond acceptors (Lipinski definition) is 4. The Kier molecular flexibility index (Phi) is 2.73. The van der Waals surface area contributed by atoms with Crippen LogP contribution in [0.5, 0.6) is 0 Å². The molecule has 96 valence electrons. The third kappa shape index (κ3) is 1.66. The van der Waals surface area contributed by atoms with Gasteiger partial charge in [-0.15, -0.1) is 0 Å². The van der Waals surface area contributed by atoms with Crippen molar-refractivity contribution in [3.8, 4) is 0 Å². The molecule has 1 saturated heterocycles. The molecule has 4 unspecified atom stereocenters. The maximum Gasteiger partial charge on any atom is 0.136 e. The summed E-state index contributed by atoms with van der Waals surface area (Å²) in [5.74, 6) is 0.127. The average Bonchev–Trinajstić information content (AvgIpc) is 2.33. The smallest absolute Gasteiger partial charge is 0.136 e. The Hall–Kier alpha value is -0.710. The number of hydrogen-bond donors (Lipinski definition) is 2. The van der Waals surface area contributed by atoms with Crippen molar-refractivity contribution in [2.75, 3.05) is 6.61 Å². The molecule has 1 aliphatic heterocycles. The van der Waals surface area contributed by atoms with Crippen molar-refractivity contribution >= 4 is 5.78 Å². The number of aliphatic hydroxyl groups excluding tert-OH is 1. The van der Waals surface area contributed by atoms with Crippen LogP contribution in [0.4, 0.5) is 0 Å². The lowest BCUT2D eigenvalue weighted by molar-refractivity contribution is -0.151. The molecule has 0 aromatic carbocycles. The molecule has 0 aromatic heterocycles. The molecule has 0 radical (unpaired) electrons. The first-order valence-electron chi connectivity index (χ1n) is 5.98. The van der Waals surface area contributed by atoms with Crippen LogP contribution >= 0.6 is 0 Å². The van der Waals surface area contributed by atoms with Crippen LogP contribution in [0.15, 0.2) is 12.2 Å². The van der Waals surface area contributed by atoms with Crippen LogP contribution in [-0.2, 0) is 9.53 Å². The van der Waals surface area contributed by atoms with Gasteiger partial charge in [0.05, 0.1) is 12.7 Å². The first-order chi connectivity index (χ1) is 7.72. The second-order valence-electron chi connectivity index (χ2n) is 5.84. The highest BCUT2D eigenvalue weighted by atomic mass is 16.5. The van der Waals surface area contributed by atoms with Gasteiger partial charge in [0, 0.05) is 18.3 Å². The van der Waals surface area contributed by atoms with Crippen LogP contribution in [0, 0.1) is 5.41 Å². The molecule has 2 bridgehead atoms. The molecule has 4 heteroatoms. The first kappa shape index (κ1) is 12.7. The van der Waals surface area contributed by atoms with Crippen LogP contribution < -0.4 is 0 Å². The van der Waals surface area contributed by atoms with E-state index < -0.39 is 22.7 Å². The fraction of sp³-hybridized carbons (Fsp3) is 0.769. The Balaban J connectivity index is 2.42. The van der Waals surface area contributed by atoms with Crippen LogP contribution in [0.1, 0.15) is 33.6 Å². The number of carbonyl (C=O) groups excluding carboxylic acids is 1. The molecule has 0 amide bonds. The van der Waals surface area contributed by atoms with E-state index in [1.54, 1.807) is 26.0 Å². The Morgan fingerprint density at radius 2 is 2.06 bits per heavy atom. The van der Waals surface area contributed by atoms with Crippen LogP contribution in [0.2, 0.25) is 0 Å². The van der Waals surface area contributed by atoms with E-state index in [1.165, 1.54) is 0 Å². The number of ketones is 1. The quantitative estimate of drug-likeness (QED) is 0.701. The topological polar surface area (TPSA) is 66.8 Å². The fourth-order valence-corrected chi connectivity index (χ4v) is 3.08. The molecule has 1 heterocycles. The standard InChI is InChI=1S/C13H20O4/c1-9(14)4-5-13(16)11(2)6-10(15)7-12(13,3)17-8-11/h4-5,9,14,16H,6-8H2,1-3H3/b5-4+. The van der Waals surface area contributed by atoms with Crippen molar-refractivity contribution < 1.29 is 19.7 Å². The number of fused-ring (bicyclic) bond motifs is 2. The van der Waals surface area contributed by atoms with Gasteiger partial charge in [-0.25, -0.2) is 0 Å². The van der Waals surface area contributed by atoms with Gasteiger partial charge in [-0.05, 0) is 13.8 Å². The second kappa shape index (κ2) is 3.64. The minimum absolute atomic E-state index is 0.127. The van der Waals surface area contributed by atoms with Gasteiger partial charge < -0.3 is 14.9 Å². The van der Waals surface area contributed by atoms with Crippen LogP contribution in [0.25, 0.3) is 0 Å². The molecule has 4 nitrogen and oxygen atoms in total. The zero-order valence-electron chi connectivity index (χ0n) is 10.6. The van der Waals surface area contributed by atoms with Crippen molar-refractivity contribution in [3.63, 3.8) is 0 Å². The zero-order valence-corrected chi connectivity index (χ0v) is 10.6. The molecule has 1 aliphatic carbocycles. The molecule has 2 aliphatic rings. The second-order valence-corrected chi connectivity index (χ2v) is 5.84. The summed E-state index contributed by atoms with van der Waals surface area (Å²) in [6.45, 7) is 5.63. The Morgan fingerprint density at radius 3 is 2.59 bits per heavy atom. The van der Waals surface area contributed by atoms with Crippen LogP contribution in [-0.4, -0.2) is 39.9 Å². The van der Waals surface area contributed by atoms with Gasteiger partial charge in [-0.2, -0.15) is 0 Å². The van der Waals surface area contributed by atoms with Gasteiger partial charge in [0.1, 0.15) is 17.0 Å². The third-order valence-electron chi connectivity index (χ3n) is 4.17. The maximum atomic E-state index is 11.7. The predicted molar refractivity (Wildman–Crippen MR) is 62.5 cm³/mol. The van der Waals surface area contributed by atoms with E-state index in [0.717, 1.165) is 0 Å². The lowest BCUT2D eigenvalue weighted by Gasteiger charge is -2.47. The van der Waals surface area contributed by atoms with Crippen molar-refractivity contribution in [3.05, 3.63) is 12.2 Å². The van der Waals surface area contributed by atoms with Gasteiger partial charge >= 0.3 is 0 Å². The van der Waals surface area contributed by atoms with E-state index in [9.17, 15) is 15.0 Å². The van der Waals surface area contributed by atoms with E-state index in [-0.39, 0.29) is 12.2 Å². The molecule has 4 atom stereocenters. The lowest BCUT2D eigenvalue weighted by Crippen LogP contribution is -2.60. The van der Waals surface area contributed by atoms with Crippen molar-refractivity contribution in [2.24, 2.45) is 5.41 Å². The highest BCUT2D eigenvalue weighted by molar-refractivity contribution is 5.82. The number of Topliss-reactive ketones (excluding diaryl/α,β-unsaturated/α-hetero) is 1. The van der Waals surface area contributed by atoms with Gasteiger partial charge in [-0.1, -0.05) is 19.1 Å². The summed E-state index contributed by atoms with van der Waals surface area (Å²) in [5, 5.41) is 20.2. The van der Waals surface area contributed by atoms with Gasteiger partial charge in [0.15, 0.2) is 0 Å². The highest BCUT2D eigenvalue weighted by Gasteiger charge is 2.67. The van der Waals surface area contributed by atoms with E-state index in [4.69, 9.17) is 4.74 Å². The third-order valence-corrected chi connectivity index (χ3v) is 4.17. The largest absolute Gasteiger partial charge is 0.389 e. The zero-order chi connectivity index (χ0) is 12.9. The number of carbonyl (C=O) groups is 1. The first-order valence-corrected chi connectivity index (χ1v) is 5.98. The van der Waals surface area contributed by atoms with E-state index in [1.807, 2.05) is 6.92 Å². The number of rotatable bonds is 2. The molecular weight excluding hydrogens is 220 g/mol. The molecule has 1 saturated carbocycles. The Morgan fingerprint density at radius 1 is 1.41 bits per heavy atom. The van der Waals surface area contributed by atoms with Gasteiger partial charge in [-0.3, -0.25) is 4.79 Å². The molecule has 2 rings (SSSR count). The molecule has 2 fully saturated rings. The molecule has 2 N–H and O–H groups in total. The summed E-state index contributed by atoms with van der Waals surface area (Å²) in [6, 6.07) is 0. The van der Waals surface area contributed by atoms with Crippen molar-refractivity contribution in [2.45, 2.75) is 50.9 Å². The minimum Gasteiger partial charge on any atom is -0.389 e. The summed E-state index contributed by atoms with van der Waals surface area (Å²) in [5.41, 5.74) is -2.66. The maximum absolute atomic E-state index is 11.7. The van der Waals surface area contributed by atoms with Crippen LogP contribution in [0.3, 0.4) is 0 Å². The molecular formula is C13H20O4. The summed E-state index contributed by atoms with van der Waals surface area (Å²) in [6.07, 6.45) is 3.09. The van der Waals surface area contributed by atoms with E-state index >= 15 is 0 Å². The van der Waals surface area contributed by atoms with E-state index in [0.29, 0.717) is 13.0 Å². The molecule has 0 spiro atoms. The van der Waals surface area contributed by atoms with Gasteiger partial charge in [0.2, 0.25) is 0 Å². The summed E-state index contributed by atoms with van der Waals surface area (Å²) >= 11 is 0. The molecule has 17 heavy (non-hydrogen) atoms. The summed E-state index contributed by atoms with van der Waals surface area (Å²) in [4.78, 5) is 11.7. The van der Waals surface area contributed by atoms with Crippen molar-refractivity contribution in [1.82, 2.24) is 0 Å². The number of ether oxygens (including phenoxy) is 1. The minimum atomic E-state index is -1.19. The Labute approximate surface area is 101 Å². The summed E-state index contributed by atoms with van der Waals surface area (Å²) < 4.78 is 5.68. The predicted octanol–water partition coefficient (Wildman–Crippen LogP) is 0.813. The SMILES string of the molecule is CC(O)/C=C/C1(O)C2(C)COC1(C)CC(=O)C2. The number of aliphatic hydroxyl groups is 2. The van der Waals surface area contributed by atoms with Crippen molar-refractivity contribution in [1.29, 1.82) is 0 Å². The highest BCUT2D eigenvalue weighted by Crippen LogP contribution is 2.56. The normalized spacial score (nSPS) is 47.7. The Bertz CT molecular complexity index is 352. The molecule has 0 aromatic rings. The van der Waals surface area contributed by atoms with E-state index in [2.05, 4.69) is 0 Å². The average molecular weight is 240 g/mol. The van der Waals surface area contributed by atoms with Gasteiger partial charge in [0.25, 0.3) is 0 Å².